The van der Waals surface area contributed by atoms with E-state index in [1.807, 2.05) is 6.08 Å². The molecule has 0 amide bonds. The Morgan fingerprint density at radius 1 is 1.20 bits per heavy atom. The van der Waals surface area contributed by atoms with Gasteiger partial charge < -0.3 is 0 Å². The van der Waals surface area contributed by atoms with E-state index in [2.05, 4.69) is 38.1 Å². The molecule has 0 aliphatic rings. The van der Waals surface area contributed by atoms with Crippen molar-refractivity contribution in [3.63, 3.8) is 0 Å². The van der Waals surface area contributed by atoms with Gasteiger partial charge in [-0.3, -0.25) is 0 Å². The average Bonchev–Trinajstić information content (AvgIpc) is 1.95. The van der Waals surface area contributed by atoms with Gasteiger partial charge in [0.05, 0.1) is 0 Å². The number of hydrogen-bond donors (Lipinski definition) is 0. The minimum Gasteiger partial charge on any atom is -0.0836 e. The molecule has 0 heteroatoms. The normalized spacial score (nSPS) is 10.6. The monoisotopic (exact) mass is 131 g/mol. The molecular weight excluding hydrogens is 120 g/mol. The lowest BCUT2D eigenvalue weighted by Gasteiger charge is -1.92. The maximum Gasteiger partial charge on any atom is -0.0260 e. The molecule has 0 heterocycles. The van der Waals surface area contributed by atoms with Crippen LogP contribution in [0.25, 0.3) is 6.08 Å². The second kappa shape index (κ2) is 3.21. The Morgan fingerprint density at radius 3 is 2.30 bits per heavy atom. The Morgan fingerprint density at radius 2 is 1.80 bits per heavy atom. The molecule has 0 atom stereocenters. The van der Waals surface area contributed by atoms with Gasteiger partial charge in [-0.05, 0) is 19.4 Å². The summed E-state index contributed by atoms with van der Waals surface area (Å²) in [5.41, 5.74) is 2.50. The smallest absolute Gasteiger partial charge is 0.0260 e. The molecule has 0 aromatic heterocycles. The molecule has 0 saturated carbocycles. The first-order valence-electron chi connectivity index (χ1n) is 3.35. The summed E-state index contributed by atoms with van der Waals surface area (Å²) >= 11 is 0. The van der Waals surface area contributed by atoms with Crippen LogP contribution in [0.4, 0.5) is 0 Å². The van der Waals surface area contributed by atoms with Crippen molar-refractivity contribution in [3.8, 4) is 0 Å². The van der Waals surface area contributed by atoms with Gasteiger partial charge in [-0.15, -0.1) is 0 Å². The van der Waals surface area contributed by atoms with Gasteiger partial charge in [-0.1, -0.05) is 42.0 Å². The van der Waals surface area contributed by atoms with Crippen LogP contribution in [-0.2, 0) is 0 Å². The van der Waals surface area contributed by atoms with Crippen LogP contribution in [-0.4, -0.2) is 0 Å². The fourth-order valence-corrected chi connectivity index (χ4v) is 0.814. The Bertz CT molecular complexity index is 216. The molecule has 1 aromatic rings. The Hall–Kier alpha value is -1.04. The Labute approximate surface area is 62.2 Å². The topological polar surface area (TPSA) is 0 Å². The first-order valence-corrected chi connectivity index (χ1v) is 3.35. The lowest BCUT2D eigenvalue weighted by Crippen LogP contribution is -1.72. The highest BCUT2D eigenvalue weighted by Crippen LogP contribution is 2.03. The van der Waals surface area contributed by atoms with Gasteiger partial charge in [0.25, 0.3) is 0 Å². The van der Waals surface area contributed by atoms with Crippen molar-refractivity contribution < 1.29 is 0 Å². The van der Waals surface area contributed by atoms with E-state index in [9.17, 15) is 0 Å². The molecule has 0 nitrogen and oxygen atoms in total. The lowest BCUT2D eigenvalue weighted by atomic mass is 10.1. The summed E-state index contributed by atoms with van der Waals surface area (Å²) in [6.07, 6.45) is 3.78. The van der Waals surface area contributed by atoms with E-state index in [-0.39, 0.29) is 0 Å². The number of benzene rings is 1. The zero-order chi connectivity index (χ0) is 7.40. The van der Waals surface area contributed by atoms with Crippen molar-refractivity contribution in [2.75, 3.05) is 0 Å². The molecule has 1 aromatic carbocycles. The van der Waals surface area contributed by atoms with Crippen LogP contribution >= 0.6 is 0 Å². The van der Waals surface area contributed by atoms with Crippen molar-refractivity contribution in [3.05, 3.63) is 48.4 Å². The molecule has 1 radical (unpaired) electrons. The Balaban J connectivity index is 2.89. The van der Waals surface area contributed by atoms with Gasteiger partial charge in [0.15, 0.2) is 0 Å². The van der Waals surface area contributed by atoms with Gasteiger partial charge in [0.2, 0.25) is 0 Å². The van der Waals surface area contributed by atoms with E-state index < -0.39 is 0 Å². The first-order chi connectivity index (χ1) is 4.83. The van der Waals surface area contributed by atoms with Crippen LogP contribution in [0, 0.1) is 13.8 Å². The third kappa shape index (κ3) is 1.73. The molecule has 0 aliphatic carbocycles. The standard InChI is InChI=1S/C10H11/c1-3-4-10-7-5-9(2)6-8-10/h3-8H,1H2,2H3/b4-3+. The quantitative estimate of drug-likeness (QED) is 0.549. The predicted molar refractivity (Wildman–Crippen MR) is 45.6 cm³/mol. The van der Waals surface area contributed by atoms with Crippen molar-refractivity contribution in [1.29, 1.82) is 0 Å². The van der Waals surface area contributed by atoms with Crippen LogP contribution in [0.5, 0.6) is 0 Å². The third-order valence-electron chi connectivity index (χ3n) is 1.39. The van der Waals surface area contributed by atoms with Gasteiger partial charge in [0, 0.05) is 0 Å². The number of rotatable bonds is 1. The second-order valence-electron chi connectivity index (χ2n) is 2.31. The molecule has 0 spiro atoms. The van der Waals surface area contributed by atoms with Crippen molar-refractivity contribution >= 4 is 6.08 Å². The molecule has 51 valence electrons. The fraction of sp³-hybridized carbons (Fsp3) is 0.100. The zero-order valence-corrected chi connectivity index (χ0v) is 6.17. The molecule has 0 N–H and O–H groups in total. The van der Waals surface area contributed by atoms with E-state index in [1.165, 1.54) is 11.1 Å². The molecule has 0 aliphatic heterocycles. The zero-order valence-electron chi connectivity index (χ0n) is 6.17. The maximum absolute atomic E-state index is 3.62. The van der Waals surface area contributed by atoms with E-state index >= 15 is 0 Å². The van der Waals surface area contributed by atoms with E-state index in [4.69, 9.17) is 0 Å². The van der Waals surface area contributed by atoms with Crippen LogP contribution < -0.4 is 0 Å². The van der Waals surface area contributed by atoms with Crippen molar-refractivity contribution in [2.45, 2.75) is 6.92 Å². The highest BCUT2D eigenvalue weighted by molar-refractivity contribution is 5.49. The average molecular weight is 131 g/mol. The summed E-state index contributed by atoms with van der Waals surface area (Å²) in [6.45, 7) is 5.70. The minimum absolute atomic E-state index is 1.21. The summed E-state index contributed by atoms with van der Waals surface area (Å²) in [4.78, 5) is 0. The molecule has 0 saturated heterocycles. The summed E-state index contributed by atoms with van der Waals surface area (Å²) in [5, 5.41) is 0. The Kier molecular flexibility index (Phi) is 2.27. The fourth-order valence-electron chi connectivity index (χ4n) is 0.814. The predicted octanol–water partition coefficient (Wildman–Crippen LogP) is 2.84. The van der Waals surface area contributed by atoms with Crippen LogP contribution in [0.1, 0.15) is 11.1 Å². The maximum atomic E-state index is 3.62. The number of allylic oxidation sites excluding steroid dienone is 1. The van der Waals surface area contributed by atoms with Gasteiger partial charge >= 0.3 is 0 Å². The van der Waals surface area contributed by atoms with Crippen molar-refractivity contribution in [1.82, 2.24) is 0 Å². The summed E-state index contributed by atoms with van der Waals surface area (Å²) in [6, 6.07) is 8.35. The third-order valence-corrected chi connectivity index (χ3v) is 1.39. The summed E-state index contributed by atoms with van der Waals surface area (Å²) in [7, 11) is 0. The SMILES string of the molecule is [CH2]/C=C/c1ccc(C)cc1. The van der Waals surface area contributed by atoms with Crippen LogP contribution in [0.15, 0.2) is 30.3 Å². The molecule has 1 rings (SSSR count). The van der Waals surface area contributed by atoms with Crippen LogP contribution in [0.2, 0.25) is 0 Å². The number of hydrogen-bond acceptors (Lipinski definition) is 0. The molecule has 0 fully saturated rings. The van der Waals surface area contributed by atoms with Gasteiger partial charge in [-0.2, -0.15) is 0 Å². The van der Waals surface area contributed by atoms with E-state index in [0.29, 0.717) is 0 Å². The lowest BCUT2D eigenvalue weighted by molar-refractivity contribution is 1.46. The number of aryl methyl sites for hydroxylation is 1. The van der Waals surface area contributed by atoms with E-state index in [1.54, 1.807) is 6.08 Å². The van der Waals surface area contributed by atoms with Gasteiger partial charge in [0.1, 0.15) is 0 Å². The molecular formula is C10H11. The first kappa shape index (κ1) is 7.07. The largest absolute Gasteiger partial charge is 0.0836 e. The second-order valence-corrected chi connectivity index (χ2v) is 2.31. The summed E-state index contributed by atoms with van der Waals surface area (Å²) < 4.78 is 0. The minimum atomic E-state index is 1.21. The van der Waals surface area contributed by atoms with E-state index in [0.717, 1.165) is 0 Å². The van der Waals surface area contributed by atoms with Crippen molar-refractivity contribution in [2.24, 2.45) is 0 Å². The summed E-state index contributed by atoms with van der Waals surface area (Å²) in [5.74, 6) is 0. The molecule has 0 unspecified atom stereocenters. The molecule has 0 bridgehead atoms. The highest BCUT2D eigenvalue weighted by Gasteiger charge is 1.83. The molecule has 10 heavy (non-hydrogen) atoms. The van der Waals surface area contributed by atoms with Gasteiger partial charge in [-0.25, -0.2) is 0 Å². The highest BCUT2D eigenvalue weighted by atomic mass is 13.9. The van der Waals surface area contributed by atoms with Crippen LogP contribution in [0.3, 0.4) is 0 Å².